The number of carbonyl (C=O) groups excluding carboxylic acids is 1. The third kappa shape index (κ3) is 2.98. The van der Waals surface area contributed by atoms with Gasteiger partial charge in [0.1, 0.15) is 11.6 Å². The van der Waals surface area contributed by atoms with Gasteiger partial charge in [-0.1, -0.05) is 0 Å². The van der Waals surface area contributed by atoms with E-state index in [0.29, 0.717) is 11.4 Å². The van der Waals surface area contributed by atoms with Gasteiger partial charge in [-0.15, -0.1) is 0 Å². The van der Waals surface area contributed by atoms with E-state index in [2.05, 4.69) is 0 Å². The Kier molecular flexibility index (Phi) is 3.86. The van der Waals surface area contributed by atoms with Crippen LogP contribution in [0.15, 0.2) is 48.2 Å². The third-order valence-corrected chi connectivity index (χ3v) is 2.85. The third-order valence-electron chi connectivity index (χ3n) is 2.85. The lowest BCUT2D eigenvalue weighted by Gasteiger charge is -2.07. The number of amides is 1. The molecule has 1 amide bonds. The predicted octanol–water partition coefficient (Wildman–Crippen LogP) is 1.57. The second kappa shape index (κ2) is 5.75. The summed E-state index contributed by atoms with van der Waals surface area (Å²) in [7, 11) is 0. The van der Waals surface area contributed by atoms with Crippen molar-refractivity contribution in [3.8, 4) is 11.8 Å². The van der Waals surface area contributed by atoms with Crippen LogP contribution < -0.4 is 5.73 Å². The molecule has 6 heteroatoms. The maximum atomic E-state index is 11.1. The van der Waals surface area contributed by atoms with Crippen molar-refractivity contribution in [1.29, 1.82) is 5.26 Å². The molecule has 6 nitrogen and oxygen atoms in total. The van der Waals surface area contributed by atoms with Gasteiger partial charge in [-0.2, -0.15) is 5.26 Å². The van der Waals surface area contributed by atoms with Crippen molar-refractivity contribution in [1.82, 2.24) is 4.57 Å². The highest BCUT2D eigenvalue weighted by Crippen LogP contribution is 2.16. The molecular formula is C15H11N3O3. The van der Waals surface area contributed by atoms with Gasteiger partial charge in [0.05, 0.1) is 5.56 Å². The first-order valence-corrected chi connectivity index (χ1v) is 5.95. The topological polar surface area (TPSA) is 109 Å². The predicted molar refractivity (Wildman–Crippen MR) is 75.5 cm³/mol. The molecule has 0 unspecified atom stereocenters. The van der Waals surface area contributed by atoms with E-state index in [1.54, 1.807) is 41.1 Å². The second-order valence-electron chi connectivity index (χ2n) is 4.19. The maximum absolute atomic E-state index is 11.1. The van der Waals surface area contributed by atoms with Crippen LogP contribution in [0.1, 0.15) is 16.1 Å². The Morgan fingerprint density at radius 2 is 1.90 bits per heavy atom. The molecule has 1 aromatic heterocycles. The second-order valence-corrected chi connectivity index (χ2v) is 4.19. The number of carbonyl (C=O) groups is 2. The summed E-state index contributed by atoms with van der Waals surface area (Å²) in [4.78, 5) is 21.9. The van der Waals surface area contributed by atoms with Gasteiger partial charge < -0.3 is 15.4 Å². The SMILES string of the molecule is N#C/C(=C\c1cccn1-c1ccc(C(=O)O)cc1)C(N)=O. The fourth-order valence-corrected chi connectivity index (χ4v) is 1.82. The molecule has 0 saturated heterocycles. The number of nitrogens with zero attached hydrogens (tertiary/aromatic N) is 2. The zero-order valence-electron chi connectivity index (χ0n) is 10.9. The number of hydrogen-bond acceptors (Lipinski definition) is 3. The van der Waals surface area contributed by atoms with Crippen molar-refractivity contribution >= 4 is 18.0 Å². The number of aromatic carboxylic acids is 1. The lowest BCUT2D eigenvalue weighted by atomic mass is 10.2. The number of hydrogen-bond donors (Lipinski definition) is 2. The Morgan fingerprint density at radius 1 is 1.24 bits per heavy atom. The van der Waals surface area contributed by atoms with Crippen LogP contribution in [0.5, 0.6) is 0 Å². The Hall–Kier alpha value is -3.33. The summed E-state index contributed by atoms with van der Waals surface area (Å²) < 4.78 is 1.71. The summed E-state index contributed by atoms with van der Waals surface area (Å²) in [5.74, 6) is -1.80. The molecule has 2 rings (SSSR count). The van der Waals surface area contributed by atoms with Crippen LogP contribution >= 0.6 is 0 Å². The highest BCUT2D eigenvalue weighted by molar-refractivity contribution is 6.00. The highest BCUT2D eigenvalue weighted by atomic mass is 16.4. The molecule has 0 fully saturated rings. The van der Waals surface area contributed by atoms with Crippen molar-refractivity contribution in [2.24, 2.45) is 5.73 Å². The molecule has 0 radical (unpaired) electrons. The molecule has 2 aromatic rings. The zero-order chi connectivity index (χ0) is 15.4. The zero-order valence-corrected chi connectivity index (χ0v) is 10.9. The van der Waals surface area contributed by atoms with E-state index in [9.17, 15) is 9.59 Å². The first-order chi connectivity index (χ1) is 10.0. The Morgan fingerprint density at radius 3 is 2.43 bits per heavy atom. The van der Waals surface area contributed by atoms with E-state index in [1.807, 2.05) is 0 Å². The summed E-state index contributed by atoms with van der Waals surface area (Å²) in [5, 5.41) is 17.7. The van der Waals surface area contributed by atoms with Crippen LogP contribution in [0.2, 0.25) is 0 Å². The maximum Gasteiger partial charge on any atom is 0.335 e. The highest BCUT2D eigenvalue weighted by Gasteiger charge is 2.08. The molecule has 0 saturated carbocycles. The summed E-state index contributed by atoms with van der Waals surface area (Å²) in [6, 6.07) is 11.4. The summed E-state index contributed by atoms with van der Waals surface area (Å²) in [6.45, 7) is 0. The minimum Gasteiger partial charge on any atom is -0.478 e. The van der Waals surface area contributed by atoms with E-state index in [0.717, 1.165) is 0 Å². The van der Waals surface area contributed by atoms with Gasteiger partial charge in [-0.3, -0.25) is 4.79 Å². The van der Waals surface area contributed by atoms with Gasteiger partial charge in [0, 0.05) is 17.6 Å². The van der Waals surface area contributed by atoms with Gasteiger partial charge in [0.2, 0.25) is 0 Å². The van der Waals surface area contributed by atoms with E-state index in [-0.39, 0.29) is 11.1 Å². The number of nitriles is 1. The molecule has 0 aliphatic heterocycles. The molecule has 0 atom stereocenters. The van der Waals surface area contributed by atoms with Gasteiger partial charge in [0.15, 0.2) is 0 Å². The van der Waals surface area contributed by atoms with Crippen LogP contribution in [-0.2, 0) is 4.79 Å². The molecule has 0 bridgehead atoms. The number of carboxylic acid groups (broad SMARTS) is 1. The average Bonchev–Trinajstić information content (AvgIpc) is 2.92. The largest absolute Gasteiger partial charge is 0.478 e. The Balaban J connectivity index is 2.43. The van der Waals surface area contributed by atoms with Gasteiger partial charge in [-0.05, 0) is 42.5 Å². The lowest BCUT2D eigenvalue weighted by Crippen LogP contribution is -2.12. The molecule has 1 heterocycles. The number of primary amides is 1. The number of benzene rings is 1. The van der Waals surface area contributed by atoms with E-state index >= 15 is 0 Å². The molecule has 0 spiro atoms. The molecule has 3 N–H and O–H groups in total. The fraction of sp³-hybridized carbons (Fsp3) is 0. The fourth-order valence-electron chi connectivity index (χ4n) is 1.82. The molecule has 0 aliphatic rings. The van der Waals surface area contributed by atoms with Crippen LogP contribution in [0.3, 0.4) is 0 Å². The molecule has 0 aliphatic carbocycles. The van der Waals surface area contributed by atoms with E-state index in [1.165, 1.54) is 18.2 Å². The van der Waals surface area contributed by atoms with Crippen molar-refractivity contribution in [3.05, 3.63) is 59.4 Å². The number of rotatable bonds is 4. The van der Waals surface area contributed by atoms with Crippen molar-refractivity contribution in [2.75, 3.05) is 0 Å². The van der Waals surface area contributed by atoms with Crippen molar-refractivity contribution < 1.29 is 14.7 Å². The van der Waals surface area contributed by atoms with Crippen LogP contribution in [0.25, 0.3) is 11.8 Å². The smallest absolute Gasteiger partial charge is 0.335 e. The first-order valence-electron chi connectivity index (χ1n) is 5.95. The van der Waals surface area contributed by atoms with Gasteiger partial charge in [-0.25, -0.2) is 4.79 Å². The molecular weight excluding hydrogens is 270 g/mol. The van der Waals surface area contributed by atoms with E-state index in [4.69, 9.17) is 16.1 Å². The number of aromatic nitrogens is 1. The molecule has 104 valence electrons. The monoisotopic (exact) mass is 281 g/mol. The summed E-state index contributed by atoms with van der Waals surface area (Å²) in [6.07, 6.45) is 3.12. The van der Waals surface area contributed by atoms with Crippen molar-refractivity contribution in [2.45, 2.75) is 0 Å². The number of carboxylic acids is 1. The standard InChI is InChI=1S/C15H11N3O3/c16-9-11(14(17)19)8-13-2-1-7-18(13)12-5-3-10(4-6-12)15(20)21/h1-8H,(H2,17,19)(H,20,21)/b11-8+. The minimum atomic E-state index is -1.00. The van der Waals surface area contributed by atoms with E-state index < -0.39 is 11.9 Å². The first kappa shape index (κ1) is 14.1. The normalized spacial score (nSPS) is 10.9. The summed E-state index contributed by atoms with van der Waals surface area (Å²) >= 11 is 0. The Bertz CT molecular complexity index is 764. The molecule has 21 heavy (non-hydrogen) atoms. The Labute approximate surface area is 120 Å². The summed E-state index contributed by atoms with van der Waals surface area (Å²) in [5.41, 5.74) is 6.42. The molecule has 1 aromatic carbocycles. The van der Waals surface area contributed by atoms with Gasteiger partial charge >= 0.3 is 5.97 Å². The van der Waals surface area contributed by atoms with Crippen LogP contribution in [0.4, 0.5) is 0 Å². The van der Waals surface area contributed by atoms with Gasteiger partial charge in [0.25, 0.3) is 5.91 Å². The van der Waals surface area contributed by atoms with Crippen LogP contribution in [0, 0.1) is 11.3 Å². The van der Waals surface area contributed by atoms with Crippen molar-refractivity contribution in [3.63, 3.8) is 0 Å². The number of nitrogens with two attached hydrogens (primary N) is 1. The van der Waals surface area contributed by atoms with Crippen LogP contribution in [-0.4, -0.2) is 21.6 Å². The minimum absolute atomic E-state index is 0.155. The lowest BCUT2D eigenvalue weighted by molar-refractivity contribution is -0.114. The quantitative estimate of drug-likeness (QED) is 0.654. The average molecular weight is 281 g/mol.